The fourth-order valence-corrected chi connectivity index (χ4v) is 5.42. The summed E-state index contributed by atoms with van der Waals surface area (Å²) in [5.41, 5.74) is -1.43. The van der Waals surface area contributed by atoms with Gasteiger partial charge in [-0.2, -0.15) is 4.31 Å². The highest BCUT2D eigenvalue weighted by Crippen LogP contribution is 2.60. The Morgan fingerprint density at radius 3 is 2.55 bits per heavy atom. The second kappa shape index (κ2) is 8.09. The smallest absolute Gasteiger partial charge is 0.390 e. The standard InChI is InChI=1S/C13H18N4O10P2/c18-10-1-3-17(13(21)15-10)9-5-8(11(19)12(9)20)6-26-29(24,25)27-28(22,23)16-4-2-14-7-16/h1-4,7-9,11-12,19-20H,5-6H2,(H,22,23)(H,24,25)(H,15,18,21)/t8-,9+,11?,12-/m1/s1. The zero-order chi connectivity index (χ0) is 21.4. The number of aliphatic hydroxyl groups excluding tert-OH is 2. The van der Waals surface area contributed by atoms with Crippen molar-refractivity contribution in [1.82, 2.24) is 18.9 Å². The summed E-state index contributed by atoms with van der Waals surface area (Å²) < 4.78 is 34.6. The SMILES string of the molecule is O=c1ccn([C@H]2C[C@H](COP(=O)(O)OP(=O)(O)n3ccnc3)C(O)[C@@H]2O)c(=O)[nH]1. The fourth-order valence-electron chi connectivity index (χ4n) is 3.02. The number of nitrogens with one attached hydrogen (secondary N) is 1. The number of aromatic amines is 1. The van der Waals surface area contributed by atoms with Crippen LogP contribution in [0, 0.1) is 5.92 Å². The van der Waals surface area contributed by atoms with Crippen LogP contribution < -0.4 is 11.2 Å². The first-order valence-electron chi connectivity index (χ1n) is 8.18. The van der Waals surface area contributed by atoms with Gasteiger partial charge in [0.2, 0.25) is 0 Å². The Labute approximate surface area is 162 Å². The number of aromatic nitrogens is 4. The summed E-state index contributed by atoms with van der Waals surface area (Å²) in [5.74, 6) is -0.913. The minimum atomic E-state index is -5.03. The zero-order valence-electron chi connectivity index (χ0n) is 14.6. The van der Waals surface area contributed by atoms with Crippen molar-refractivity contribution in [3.05, 3.63) is 51.8 Å². The van der Waals surface area contributed by atoms with E-state index in [1.165, 1.54) is 0 Å². The van der Waals surface area contributed by atoms with Gasteiger partial charge in [0.1, 0.15) is 12.4 Å². The number of nitrogens with zero attached hydrogens (tertiary/aromatic N) is 3. The van der Waals surface area contributed by atoms with Crippen LogP contribution in [0.5, 0.6) is 0 Å². The van der Waals surface area contributed by atoms with E-state index in [4.69, 9.17) is 4.52 Å². The molecule has 0 saturated heterocycles. The van der Waals surface area contributed by atoms with Gasteiger partial charge in [-0.1, -0.05) is 0 Å². The van der Waals surface area contributed by atoms with Gasteiger partial charge in [-0.25, -0.2) is 23.2 Å². The molecule has 1 saturated carbocycles. The summed E-state index contributed by atoms with van der Waals surface area (Å²) >= 11 is 0. The van der Waals surface area contributed by atoms with Gasteiger partial charge in [-0.05, 0) is 6.42 Å². The molecule has 3 rings (SSSR count). The molecule has 0 amide bonds. The lowest BCUT2D eigenvalue weighted by atomic mass is 10.1. The van der Waals surface area contributed by atoms with Gasteiger partial charge >= 0.3 is 21.3 Å². The maximum absolute atomic E-state index is 12.0. The summed E-state index contributed by atoms with van der Waals surface area (Å²) in [6.45, 7) is -0.620. The highest BCUT2D eigenvalue weighted by molar-refractivity contribution is 7.63. The maximum Gasteiger partial charge on any atom is 0.480 e. The summed E-state index contributed by atoms with van der Waals surface area (Å²) in [5, 5.41) is 20.4. The van der Waals surface area contributed by atoms with Gasteiger partial charge in [0.05, 0.1) is 18.8 Å². The molecule has 1 aliphatic rings. The van der Waals surface area contributed by atoms with Crippen molar-refractivity contribution < 1.29 is 38.0 Å². The molecule has 1 fully saturated rings. The van der Waals surface area contributed by atoms with Gasteiger partial charge in [0.25, 0.3) is 5.56 Å². The van der Waals surface area contributed by atoms with Gasteiger partial charge in [0, 0.05) is 30.6 Å². The fraction of sp³-hybridized carbons (Fsp3) is 0.462. The van der Waals surface area contributed by atoms with Crippen molar-refractivity contribution >= 4 is 15.6 Å². The average molecular weight is 452 g/mol. The Bertz CT molecular complexity index is 1070. The average Bonchev–Trinajstić information content (AvgIpc) is 3.24. The van der Waals surface area contributed by atoms with Crippen LogP contribution in [0.1, 0.15) is 12.5 Å². The van der Waals surface area contributed by atoms with Crippen LogP contribution in [0.4, 0.5) is 0 Å². The van der Waals surface area contributed by atoms with Crippen molar-refractivity contribution in [2.45, 2.75) is 24.7 Å². The van der Waals surface area contributed by atoms with E-state index in [1.807, 2.05) is 4.98 Å². The molecule has 29 heavy (non-hydrogen) atoms. The summed E-state index contributed by atoms with van der Waals surface area (Å²) in [7, 11) is -9.79. The van der Waals surface area contributed by atoms with E-state index in [9.17, 15) is 38.7 Å². The molecule has 6 atom stereocenters. The largest absolute Gasteiger partial charge is 0.480 e. The van der Waals surface area contributed by atoms with Crippen LogP contribution in [-0.4, -0.2) is 57.7 Å². The van der Waals surface area contributed by atoms with E-state index in [0.717, 1.165) is 35.6 Å². The molecule has 0 aromatic carbocycles. The van der Waals surface area contributed by atoms with E-state index in [-0.39, 0.29) is 6.42 Å². The van der Waals surface area contributed by atoms with E-state index < -0.39 is 57.6 Å². The van der Waals surface area contributed by atoms with Crippen LogP contribution in [0.3, 0.4) is 0 Å². The predicted octanol–water partition coefficient (Wildman–Crippen LogP) is -1.20. The monoisotopic (exact) mass is 452 g/mol. The molecule has 5 N–H and O–H groups in total. The van der Waals surface area contributed by atoms with E-state index >= 15 is 0 Å². The van der Waals surface area contributed by atoms with Crippen LogP contribution in [0.15, 0.2) is 40.6 Å². The summed E-state index contributed by atoms with van der Waals surface area (Å²) in [4.78, 5) is 48.0. The quantitative estimate of drug-likeness (QED) is 0.315. The minimum absolute atomic E-state index is 0.0490. The molecule has 1 aliphatic carbocycles. The maximum atomic E-state index is 12.0. The number of aliphatic hydroxyl groups is 2. The molecule has 14 nitrogen and oxygen atoms in total. The van der Waals surface area contributed by atoms with Crippen molar-refractivity contribution in [3.8, 4) is 0 Å². The molecule has 160 valence electrons. The highest BCUT2D eigenvalue weighted by atomic mass is 31.3. The number of imidazole rings is 1. The lowest BCUT2D eigenvalue weighted by Gasteiger charge is -2.20. The Balaban J connectivity index is 1.67. The predicted molar refractivity (Wildman–Crippen MR) is 94.8 cm³/mol. The molecule has 0 aliphatic heterocycles. The first kappa shape index (κ1) is 21.8. The van der Waals surface area contributed by atoms with Crippen molar-refractivity contribution in [1.29, 1.82) is 0 Å². The minimum Gasteiger partial charge on any atom is -0.390 e. The van der Waals surface area contributed by atoms with Gasteiger partial charge < -0.3 is 20.0 Å². The van der Waals surface area contributed by atoms with Crippen LogP contribution in [-0.2, 0) is 18.0 Å². The third kappa shape index (κ3) is 4.82. The first-order valence-corrected chi connectivity index (χ1v) is 11.2. The molecule has 0 bridgehead atoms. The van der Waals surface area contributed by atoms with Crippen LogP contribution in [0.25, 0.3) is 0 Å². The zero-order valence-corrected chi connectivity index (χ0v) is 16.4. The summed E-state index contributed by atoms with van der Waals surface area (Å²) in [6.07, 6.45) is 1.35. The molecule has 0 radical (unpaired) electrons. The molecule has 2 aromatic rings. The van der Waals surface area contributed by atoms with Gasteiger partial charge in [0.15, 0.2) is 0 Å². The van der Waals surface area contributed by atoms with Gasteiger partial charge in [-0.15, -0.1) is 0 Å². The van der Waals surface area contributed by atoms with Crippen molar-refractivity contribution in [3.63, 3.8) is 0 Å². The van der Waals surface area contributed by atoms with Crippen molar-refractivity contribution in [2.24, 2.45) is 5.92 Å². The third-order valence-electron chi connectivity index (χ3n) is 4.42. The third-order valence-corrected chi connectivity index (χ3v) is 7.40. The Hall–Kier alpha value is -1.89. The lowest BCUT2D eigenvalue weighted by molar-refractivity contribution is -0.00445. The number of phosphoric acid groups is 1. The van der Waals surface area contributed by atoms with E-state index in [0.29, 0.717) is 4.34 Å². The Kier molecular flexibility index (Phi) is 6.08. The highest BCUT2D eigenvalue weighted by Gasteiger charge is 2.44. The molecule has 0 spiro atoms. The molecular formula is C13H18N4O10P2. The first-order chi connectivity index (χ1) is 13.5. The molecular weight excluding hydrogens is 434 g/mol. The summed E-state index contributed by atoms with van der Waals surface area (Å²) in [6, 6.07) is 0.131. The van der Waals surface area contributed by atoms with Gasteiger partial charge in [-0.3, -0.25) is 18.9 Å². The number of phosphoric ester groups is 1. The number of H-pyrrole nitrogens is 1. The number of rotatable bonds is 7. The second-order valence-corrected chi connectivity index (χ2v) is 9.63. The number of hydrogen-bond acceptors (Lipinski definition) is 9. The Morgan fingerprint density at radius 1 is 1.21 bits per heavy atom. The lowest BCUT2D eigenvalue weighted by Crippen LogP contribution is -2.37. The molecule has 2 aromatic heterocycles. The molecule has 2 heterocycles. The number of hydrogen-bond donors (Lipinski definition) is 5. The van der Waals surface area contributed by atoms with E-state index in [2.05, 4.69) is 9.29 Å². The van der Waals surface area contributed by atoms with Crippen LogP contribution >= 0.6 is 15.6 Å². The second-order valence-electron chi connectivity index (χ2n) is 6.34. The van der Waals surface area contributed by atoms with Crippen molar-refractivity contribution in [2.75, 3.05) is 6.61 Å². The normalized spacial score (nSPS) is 28.7. The topological polar surface area (TPSA) is 206 Å². The molecule has 16 heteroatoms. The van der Waals surface area contributed by atoms with Crippen LogP contribution in [0.2, 0.25) is 0 Å². The molecule has 3 unspecified atom stereocenters. The Morgan fingerprint density at radius 2 is 1.93 bits per heavy atom. The van der Waals surface area contributed by atoms with E-state index in [1.54, 1.807) is 0 Å².